The van der Waals surface area contributed by atoms with Crippen LogP contribution in [0.4, 0.5) is 11.4 Å². The van der Waals surface area contributed by atoms with Crippen LogP contribution in [-0.2, 0) is 71.8 Å². The summed E-state index contributed by atoms with van der Waals surface area (Å²) >= 11 is 0. The van der Waals surface area contributed by atoms with Crippen molar-refractivity contribution in [2.75, 3.05) is 43.9 Å². The highest BCUT2D eigenvalue weighted by molar-refractivity contribution is 7.95. The van der Waals surface area contributed by atoms with Crippen LogP contribution in [0, 0.1) is 17.0 Å². The zero-order chi connectivity index (χ0) is 67.5. The molecule has 0 bridgehead atoms. The highest BCUT2D eigenvalue weighted by atomic mass is 32.2. The van der Waals surface area contributed by atoms with E-state index in [4.69, 9.17) is 43.6 Å². The minimum atomic E-state index is -3.99. The number of Topliss-reactive ketones (excluding diaryl/α,β-unsaturated/α-hetero) is 2. The van der Waals surface area contributed by atoms with Crippen LogP contribution in [0.5, 0.6) is 23.0 Å². The van der Waals surface area contributed by atoms with Crippen molar-refractivity contribution >= 4 is 100 Å². The molecule has 1 amide bonds. The van der Waals surface area contributed by atoms with Gasteiger partial charge in [0.05, 0.1) is 63.4 Å². The van der Waals surface area contributed by atoms with Crippen LogP contribution in [0.1, 0.15) is 74.9 Å². The zero-order valence-electron chi connectivity index (χ0n) is 49.0. The van der Waals surface area contributed by atoms with Gasteiger partial charge in [0, 0.05) is 37.3 Å². The number of aromatic carboxylic acids is 1. The number of nitro groups is 1. The number of benzene rings is 5. The van der Waals surface area contributed by atoms with E-state index in [-0.39, 0.29) is 109 Å². The van der Waals surface area contributed by atoms with Gasteiger partial charge in [-0.3, -0.25) is 42.5 Å². The fourth-order valence-electron chi connectivity index (χ4n) is 7.09. The predicted octanol–water partition coefficient (Wildman–Crippen LogP) is 7.12. The van der Waals surface area contributed by atoms with Crippen molar-refractivity contribution in [1.29, 1.82) is 0 Å². The molecule has 2 heterocycles. The second-order valence-electron chi connectivity index (χ2n) is 19.2. The molecule has 0 aromatic heterocycles. The number of sulfonamides is 1. The van der Waals surface area contributed by atoms with Gasteiger partial charge in [-0.1, -0.05) is 74.2 Å². The molecule has 6 N–H and O–H groups in total. The Morgan fingerprint density at radius 2 is 1.32 bits per heavy atom. The Hall–Kier alpha value is -9.44. The standard InChI is InChI=1S/C15H12O4.C12H15NO6S.C11H9N3O4.C11H12O5.C9H18O6S2.CH4/c1-10(16)11-5-4-6-12(9-11)19-14-8-3-2-7-13(14)15(17)18;1-8-2-4-9(5-3-8)20(18,19)13-10(12(16)17)6-7-11(14)15;1-7(15)10-6-11(16)13(12-10)8-3-2-4-9(5-8)14(17)18;1-8(12)6-15-9-4-2-3-5-10(9)16-7-11(13)14;1-16(2,10)13-6-8-4-5-9(15-8)7-14-17(3,11)12;/h2-9,16H,1H2,(H,17,18);2-5,10,13H,6-7H2,1H3,(H,14,15)(H,16,17);2-5H,6H2,1H3;2-5H,6-7H2,1H3,(H,13,14);8-9H,1,4-7H2,2-3H3;1H4. The summed E-state index contributed by atoms with van der Waals surface area (Å²) in [6, 6.07) is 29.5. The fourth-order valence-corrected chi connectivity index (χ4v) is 9.15. The summed E-state index contributed by atoms with van der Waals surface area (Å²) in [4.78, 5) is 86.3. The number of aliphatic carboxylic acids is 3. The lowest BCUT2D eigenvalue weighted by molar-refractivity contribution is -0.384. The number of nitrogens with one attached hydrogen (secondary N) is 1. The van der Waals surface area contributed by atoms with Gasteiger partial charge in [0.1, 0.15) is 41.2 Å². The SMILES string of the molecule is C.C=C(O)c1cccc(Oc2ccccc2C(=O)O)c1.C=S(C)(=O)OCC1CCC(COS(C)(=O)=O)O1.CC(=O)C1=NN(c2cccc([N+](=O)[O-])c2)C(=O)C1.CC(=O)COc1ccccc1OCC(=O)O.Cc1ccc(S(=O)(=O)NC(CCC(=O)O)C(=O)O)cc1. The number of hydrogen-bond donors (Lipinski definition) is 6. The number of carboxylic acid groups (broad SMARTS) is 4. The lowest BCUT2D eigenvalue weighted by Gasteiger charge is -2.14. The molecule has 7 rings (SSSR count). The first-order chi connectivity index (χ1) is 42.0. The predicted molar refractivity (Wildman–Crippen MR) is 333 cm³/mol. The molecule has 29 nitrogen and oxygen atoms in total. The van der Waals surface area contributed by atoms with E-state index in [2.05, 4.69) is 21.7 Å². The summed E-state index contributed by atoms with van der Waals surface area (Å²) in [7, 11) is -9.90. The number of carboxylic acids is 4. The molecule has 5 aromatic rings. The van der Waals surface area contributed by atoms with Crippen molar-refractivity contribution in [3.8, 4) is 23.0 Å². The number of rotatable bonds is 26. The highest BCUT2D eigenvalue weighted by Crippen LogP contribution is 2.29. The number of nitrogens with zero attached hydrogens (tertiary/aromatic N) is 3. The summed E-state index contributed by atoms with van der Waals surface area (Å²) < 4.78 is 89.6. The monoisotopic (exact) mass is 1330 g/mol. The molecule has 32 heteroatoms. The first-order valence-electron chi connectivity index (χ1n) is 26.2. The van der Waals surface area contributed by atoms with Crippen LogP contribution in [0.2, 0.25) is 0 Å². The van der Waals surface area contributed by atoms with E-state index in [1.165, 1.54) is 62.6 Å². The third-order valence-electron chi connectivity index (χ3n) is 11.4. The maximum absolute atomic E-state index is 12.0. The van der Waals surface area contributed by atoms with E-state index in [0.717, 1.165) is 23.2 Å². The van der Waals surface area contributed by atoms with Crippen molar-refractivity contribution in [2.24, 2.45) is 5.10 Å². The lowest BCUT2D eigenvalue weighted by atomic mass is 10.2. The number of ketones is 2. The molecule has 91 heavy (non-hydrogen) atoms. The number of hydrazone groups is 1. The average molecular weight is 1330 g/mol. The van der Waals surface area contributed by atoms with E-state index >= 15 is 0 Å². The van der Waals surface area contributed by atoms with E-state index in [1.54, 1.807) is 85.8 Å². The number of nitro benzene ring substituents is 1. The summed E-state index contributed by atoms with van der Waals surface area (Å²) in [5.41, 5.74) is 1.77. The van der Waals surface area contributed by atoms with Gasteiger partial charge >= 0.3 is 23.9 Å². The van der Waals surface area contributed by atoms with Gasteiger partial charge in [-0.15, -0.1) is 0 Å². The van der Waals surface area contributed by atoms with Crippen LogP contribution in [0.3, 0.4) is 0 Å². The fraction of sp³-hybridized carbons (Fsp3) is 0.305. The number of aliphatic hydroxyl groups is 1. The minimum absolute atomic E-state index is 0. The van der Waals surface area contributed by atoms with Crippen LogP contribution in [0.25, 0.3) is 5.76 Å². The Bertz CT molecular complexity index is 3680. The summed E-state index contributed by atoms with van der Waals surface area (Å²) in [5.74, 6) is -0.860. The van der Waals surface area contributed by atoms with Crippen LogP contribution in [-0.4, -0.2) is 162 Å². The molecule has 494 valence electrons. The smallest absolute Gasteiger partial charge is 0.341 e. The second kappa shape index (κ2) is 36.9. The molecule has 4 atom stereocenters. The molecule has 0 spiro atoms. The maximum atomic E-state index is 12.0. The number of aliphatic hydroxyl groups excluding tert-OH is 1. The van der Waals surface area contributed by atoms with Gasteiger partial charge in [0.25, 0.3) is 21.7 Å². The Morgan fingerprint density at radius 1 is 0.758 bits per heavy atom. The Kier molecular flexibility index (Phi) is 31.5. The number of ether oxygens (including phenoxy) is 4. The van der Waals surface area contributed by atoms with Crippen molar-refractivity contribution in [1.82, 2.24) is 4.72 Å². The number of amides is 1. The van der Waals surface area contributed by atoms with E-state index < -0.39 is 77.8 Å². The molecule has 0 aliphatic carbocycles. The maximum Gasteiger partial charge on any atom is 0.341 e. The second-order valence-corrected chi connectivity index (χ2v) is 24.6. The summed E-state index contributed by atoms with van der Waals surface area (Å²) in [5, 5.41) is 59.8. The number of hydrogen-bond acceptors (Lipinski definition) is 22. The molecular formula is C59H70N4O25S3. The molecular weight excluding hydrogens is 1260 g/mol. The Balaban J connectivity index is 0.000000387. The molecule has 5 aromatic carbocycles. The largest absolute Gasteiger partial charge is 0.508 e. The Labute approximate surface area is 525 Å². The van der Waals surface area contributed by atoms with Crippen molar-refractivity contribution in [3.05, 3.63) is 155 Å². The number of carbonyl (C=O) groups excluding carboxylic acids is 3. The van der Waals surface area contributed by atoms with E-state index in [9.17, 15) is 69.8 Å². The van der Waals surface area contributed by atoms with Crippen molar-refractivity contribution in [3.63, 3.8) is 0 Å². The van der Waals surface area contributed by atoms with E-state index in [0.29, 0.717) is 29.2 Å². The summed E-state index contributed by atoms with van der Waals surface area (Å²) in [6.45, 7) is 7.65. The first kappa shape index (κ1) is 77.7. The molecule has 0 saturated carbocycles. The van der Waals surface area contributed by atoms with E-state index in [1.807, 2.05) is 4.72 Å². The zero-order valence-corrected chi connectivity index (χ0v) is 51.5. The molecule has 2 aliphatic rings. The van der Waals surface area contributed by atoms with Gasteiger partial charge in [0.2, 0.25) is 10.0 Å². The summed E-state index contributed by atoms with van der Waals surface area (Å²) in [6.07, 6.45) is 2.57. The Morgan fingerprint density at radius 3 is 1.81 bits per heavy atom. The van der Waals surface area contributed by atoms with Crippen molar-refractivity contribution < 1.29 is 112 Å². The third-order valence-corrected chi connectivity index (χ3v) is 14.0. The molecule has 1 fully saturated rings. The molecule has 2 aliphatic heterocycles. The lowest BCUT2D eigenvalue weighted by Crippen LogP contribution is -2.41. The normalized spacial score (nSPS) is 14.9. The van der Waals surface area contributed by atoms with Gasteiger partial charge in [-0.05, 0) is 93.6 Å². The van der Waals surface area contributed by atoms with Gasteiger partial charge in [-0.2, -0.15) is 23.3 Å². The molecule has 0 radical (unpaired) electrons. The van der Waals surface area contributed by atoms with Gasteiger partial charge in [0.15, 0.2) is 29.7 Å². The first-order valence-corrected chi connectivity index (χ1v) is 31.6. The van der Waals surface area contributed by atoms with Crippen LogP contribution >= 0.6 is 0 Å². The number of aryl methyl sites for hydroxylation is 1. The van der Waals surface area contributed by atoms with Gasteiger partial charge in [-0.25, -0.2) is 22.2 Å². The third kappa shape index (κ3) is 29.6. The van der Waals surface area contributed by atoms with Crippen LogP contribution < -0.4 is 23.9 Å². The topological polar surface area (TPSA) is 432 Å². The molecule has 1 saturated heterocycles. The number of anilines is 1. The van der Waals surface area contributed by atoms with Gasteiger partial charge < -0.3 is 44.5 Å². The van der Waals surface area contributed by atoms with Crippen molar-refractivity contribution in [2.45, 2.75) is 83.4 Å². The molecule has 4 unspecified atom stereocenters. The quantitative estimate of drug-likeness (QED) is 0.0105. The average Bonchev–Trinajstić information content (AvgIpc) is 1.87. The highest BCUT2D eigenvalue weighted by Gasteiger charge is 2.30. The number of carbonyl (C=O) groups is 7. The van der Waals surface area contributed by atoms with Crippen LogP contribution in [0.15, 0.2) is 138 Å². The number of para-hydroxylation sites is 3. The minimum Gasteiger partial charge on any atom is -0.508 e. The number of non-ortho nitro benzene ring substituents is 1.